The maximum absolute atomic E-state index is 8.76. The van der Waals surface area contributed by atoms with Crippen molar-refractivity contribution in [1.82, 2.24) is 9.38 Å². The summed E-state index contributed by atoms with van der Waals surface area (Å²) in [6.45, 7) is 0. The lowest BCUT2D eigenvalue weighted by atomic mass is 10.4. The zero-order valence-electron chi connectivity index (χ0n) is 6.33. The van der Waals surface area contributed by atoms with E-state index in [4.69, 9.17) is 5.26 Å². The van der Waals surface area contributed by atoms with Crippen LogP contribution < -0.4 is 0 Å². The van der Waals surface area contributed by atoms with Gasteiger partial charge in [0.25, 0.3) is 0 Å². The number of hydrogen-bond acceptors (Lipinski definition) is 2. The van der Waals surface area contributed by atoms with Crippen molar-refractivity contribution in [2.24, 2.45) is 0 Å². The molecule has 0 amide bonds. The third-order valence-corrected chi connectivity index (χ3v) is 2.66. The third kappa shape index (κ3) is 1.36. The first-order valence-electron chi connectivity index (χ1n) is 3.44. The van der Waals surface area contributed by atoms with Gasteiger partial charge < -0.3 is 0 Å². The van der Waals surface area contributed by atoms with E-state index in [0.29, 0.717) is 5.69 Å². The van der Waals surface area contributed by atoms with Gasteiger partial charge in [-0.25, -0.2) is 4.98 Å². The van der Waals surface area contributed by atoms with Crippen molar-refractivity contribution in [1.29, 1.82) is 5.26 Å². The summed E-state index contributed by atoms with van der Waals surface area (Å²) in [4.78, 5) is 4.10. The zero-order chi connectivity index (χ0) is 9.42. The minimum atomic E-state index is 0.525. The Bertz CT molecular complexity index is 510. The minimum absolute atomic E-state index is 0.525. The summed E-state index contributed by atoms with van der Waals surface area (Å²) in [6.07, 6.45) is 3.36. The second-order valence-corrected chi connectivity index (χ2v) is 4.23. The van der Waals surface area contributed by atoms with Gasteiger partial charge in [0.15, 0.2) is 5.65 Å². The predicted octanol–water partition coefficient (Wildman–Crippen LogP) is 2.73. The fraction of sp³-hybridized carbons (Fsp3) is 0. The van der Waals surface area contributed by atoms with Crippen molar-refractivity contribution in [2.75, 3.05) is 0 Å². The fourth-order valence-corrected chi connectivity index (χ4v) is 2.38. The van der Waals surface area contributed by atoms with E-state index in [1.807, 2.05) is 12.3 Å². The van der Waals surface area contributed by atoms with E-state index in [9.17, 15) is 0 Å². The van der Waals surface area contributed by atoms with Crippen LogP contribution in [0.3, 0.4) is 0 Å². The molecular formula is C8H3Br2N3. The highest BCUT2D eigenvalue weighted by Crippen LogP contribution is 2.22. The van der Waals surface area contributed by atoms with Crippen LogP contribution in [0.25, 0.3) is 5.65 Å². The maximum Gasteiger partial charge on any atom is 0.152 e. The normalized spacial score (nSPS) is 10.2. The number of rotatable bonds is 0. The Labute approximate surface area is 91.3 Å². The molecule has 0 saturated carbocycles. The van der Waals surface area contributed by atoms with Crippen LogP contribution >= 0.6 is 31.9 Å². The third-order valence-electron chi connectivity index (χ3n) is 1.64. The molecule has 0 aliphatic rings. The van der Waals surface area contributed by atoms with Crippen LogP contribution in [0, 0.1) is 11.3 Å². The van der Waals surface area contributed by atoms with Gasteiger partial charge in [-0.2, -0.15) is 5.26 Å². The molecule has 0 aromatic carbocycles. The van der Waals surface area contributed by atoms with Gasteiger partial charge in [-0.15, -0.1) is 0 Å². The standard InChI is InChI=1S/C8H3Br2N3/c9-5-1-7(10)8-12-3-6(2-11)13(8)4-5/h1,3-4H. The van der Waals surface area contributed by atoms with Crippen molar-refractivity contribution in [3.63, 3.8) is 0 Å². The number of nitrogens with zero attached hydrogens (tertiary/aromatic N) is 3. The lowest BCUT2D eigenvalue weighted by Gasteiger charge is -1.98. The summed E-state index contributed by atoms with van der Waals surface area (Å²) in [5.41, 5.74) is 1.27. The van der Waals surface area contributed by atoms with Crippen LogP contribution in [0.1, 0.15) is 5.69 Å². The van der Waals surface area contributed by atoms with E-state index >= 15 is 0 Å². The van der Waals surface area contributed by atoms with E-state index in [1.165, 1.54) is 0 Å². The number of fused-ring (bicyclic) bond motifs is 1. The predicted molar refractivity (Wildman–Crippen MR) is 55.3 cm³/mol. The molecule has 0 N–H and O–H groups in total. The van der Waals surface area contributed by atoms with Crippen LogP contribution in [-0.4, -0.2) is 9.38 Å². The molecule has 0 spiro atoms. The van der Waals surface area contributed by atoms with Crippen molar-refractivity contribution >= 4 is 37.5 Å². The molecule has 13 heavy (non-hydrogen) atoms. The van der Waals surface area contributed by atoms with Crippen molar-refractivity contribution in [2.45, 2.75) is 0 Å². The molecule has 0 radical (unpaired) electrons. The highest BCUT2D eigenvalue weighted by atomic mass is 79.9. The second-order valence-electron chi connectivity index (χ2n) is 2.46. The molecule has 64 valence electrons. The highest BCUT2D eigenvalue weighted by molar-refractivity contribution is 9.11. The van der Waals surface area contributed by atoms with E-state index < -0.39 is 0 Å². The maximum atomic E-state index is 8.76. The Balaban J connectivity index is 2.92. The molecule has 0 fully saturated rings. The topological polar surface area (TPSA) is 41.1 Å². The Hall–Kier alpha value is -0.860. The molecule has 2 heterocycles. The molecule has 0 aliphatic heterocycles. The first-order valence-corrected chi connectivity index (χ1v) is 5.03. The summed E-state index contributed by atoms with van der Waals surface area (Å²) in [7, 11) is 0. The van der Waals surface area contributed by atoms with E-state index in [2.05, 4.69) is 42.9 Å². The van der Waals surface area contributed by atoms with Gasteiger partial charge in [-0.3, -0.25) is 4.40 Å². The second kappa shape index (κ2) is 3.13. The van der Waals surface area contributed by atoms with Crippen molar-refractivity contribution < 1.29 is 0 Å². The van der Waals surface area contributed by atoms with E-state index in [-0.39, 0.29) is 0 Å². The molecule has 5 heteroatoms. The van der Waals surface area contributed by atoms with Gasteiger partial charge in [-0.1, -0.05) is 0 Å². The SMILES string of the molecule is N#Cc1cnc2c(Br)cc(Br)cn12. The van der Waals surface area contributed by atoms with Gasteiger partial charge in [-0.05, 0) is 37.9 Å². The quantitative estimate of drug-likeness (QED) is 0.750. The Morgan fingerprint density at radius 1 is 1.46 bits per heavy atom. The largest absolute Gasteiger partial charge is 0.289 e. The van der Waals surface area contributed by atoms with E-state index in [0.717, 1.165) is 14.6 Å². The minimum Gasteiger partial charge on any atom is -0.289 e. The fourth-order valence-electron chi connectivity index (χ4n) is 1.10. The molecular weight excluding hydrogens is 298 g/mol. The number of pyridine rings is 1. The Morgan fingerprint density at radius 3 is 2.92 bits per heavy atom. The summed E-state index contributed by atoms with van der Waals surface area (Å²) >= 11 is 6.71. The monoisotopic (exact) mass is 299 g/mol. The number of halogens is 2. The first kappa shape index (κ1) is 8.73. The Morgan fingerprint density at radius 2 is 2.23 bits per heavy atom. The summed E-state index contributed by atoms with van der Waals surface area (Å²) in [5.74, 6) is 0. The lowest BCUT2D eigenvalue weighted by molar-refractivity contribution is 1.14. The number of nitriles is 1. The number of aromatic nitrogens is 2. The lowest BCUT2D eigenvalue weighted by Crippen LogP contribution is -1.88. The molecule has 3 nitrogen and oxygen atoms in total. The molecule has 0 bridgehead atoms. The van der Waals surface area contributed by atoms with Crippen LogP contribution in [0.2, 0.25) is 0 Å². The molecule has 2 aromatic heterocycles. The van der Waals surface area contributed by atoms with Crippen LogP contribution in [0.4, 0.5) is 0 Å². The van der Waals surface area contributed by atoms with Gasteiger partial charge in [0.2, 0.25) is 0 Å². The van der Waals surface area contributed by atoms with E-state index in [1.54, 1.807) is 10.6 Å². The molecule has 0 atom stereocenters. The molecule has 0 unspecified atom stereocenters. The average molecular weight is 301 g/mol. The molecule has 0 saturated heterocycles. The summed E-state index contributed by atoms with van der Waals surface area (Å²) < 4.78 is 3.50. The van der Waals surface area contributed by atoms with Gasteiger partial charge in [0.1, 0.15) is 11.8 Å². The molecule has 2 aromatic rings. The van der Waals surface area contributed by atoms with Crippen molar-refractivity contribution in [3.05, 3.63) is 33.1 Å². The van der Waals surface area contributed by atoms with Crippen LogP contribution in [-0.2, 0) is 0 Å². The molecule has 2 rings (SSSR count). The average Bonchev–Trinajstić information content (AvgIpc) is 2.47. The smallest absolute Gasteiger partial charge is 0.152 e. The van der Waals surface area contributed by atoms with Gasteiger partial charge in [0, 0.05) is 10.7 Å². The Kier molecular flexibility index (Phi) is 2.10. The van der Waals surface area contributed by atoms with Crippen LogP contribution in [0.15, 0.2) is 27.4 Å². The van der Waals surface area contributed by atoms with Crippen LogP contribution in [0.5, 0.6) is 0 Å². The van der Waals surface area contributed by atoms with Crippen molar-refractivity contribution in [3.8, 4) is 6.07 Å². The molecule has 0 aliphatic carbocycles. The van der Waals surface area contributed by atoms with Gasteiger partial charge >= 0.3 is 0 Å². The highest BCUT2D eigenvalue weighted by Gasteiger charge is 2.06. The summed E-state index contributed by atoms with van der Waals surface area (Å²) in [6, 6.07) is 3.96. The van der Waals surface area contributed by atoms with Gasteiger partial charge in [0.05, 0.1) is 10.7 Å². The first-order chi connectivity index (χ1) is 6.22. The number of imidazole rings is 1. The number of hydrogen-bond donors (Lipinski definition) is 0. The summed E-state index contributed by atoms with van der Waals surface area (Å²) in [5, 5.41) is 8.76. The zero-order valence-corrected chi connectivity index (χ0v) is 9.50.